The van der Waals surface area contributed by atoms with Crippen molar-refractivity contribution in [3.8, 4) is 16.9 Å². The SMILES string of the molecule is CC(C)c1cc(-c2cccc(Cl)c2F)cc(C(C)C)c1O. The maximum absolute atomic E-state index is 14.3. The van der Waals surface area contributed by atoms with Crippen LogP contribution in [-0.4, -0.2) is 5.11 Å². The minimum Gasteiger partial charge on any atom is -0.507 e. The van der Waals surface area contributed by atoms with Gasteiger partial charge in [-0.05, 0) is 46.7 Å². The molecule has 0 aromatic heterocycles. The van der Waals surface area contributed by atoms with Gasteiger partial charge in [0.1, 0.15) is 11.6 Å². The van der Waals surface area contributed by atoms with Gasteiger partial charge in [0, 0.05) is 5.56 Å². The average Bonchev–Trinajstić information content (AvgIpc) is 2.41. The molecule has 0 heterocycles. The molecule has 2 aromatic rings. The Kier molecular flexibility index (Phi) is 4.58. The number of benzene rings is 2. The number of hydrogen-bond donors (Lipinski definition) is 1. The first-order valence-corrected chi connectivity index (χ1v) is 7.52. The van der Waals surface area contributed by atoms with Gasteiger partial charge in [0.05, 0.1) is 5.02 Å². The third kappa shape index (κ3) is 3.06. The van der Waals surface area contributed by atoms with Crippen molar-refractivity contribution in [1.29, 1.82) is 0 Å². The molecule has 2 aromatic carbocycles. The first-order valence-electron chi connectivity index (χ1n) is 7.14. The van der Waals surface area contributed by atoms with Crippen LogP contribution in [0.15, 0.2) is 30.3 Å². The molecule has 2 rings (SSSR count). The lowest BCUT2D eigenvalue weighted by molar-refractivity contribution is 0.454. The molecule has 0 bridgehead atoms. The highest BCUT2D eigenvalue weighted by molar-refractivity contribution is 6.31. The maximum atomic E-state index is 14.3. The van der Waals surface area contributed by atoms with Crippen molar-refractivity contribution >= 4 is 11.6 Å². The highest BCUT2D eigenvalue weighted by atomic mass is 35.5. The molecule has 1 N–H and O–H groups in total. The van der Waals surface area contributed by atoms with Crippen molar-refractivity contribution in [1.82, 2.24) is 0 Å². The Balaban J connectivity index is 2.72. The maximum Gasteiger partial charge on any atom is 0.149 e. The Morgan fingerprint density at radius 3 is 2.00 bits per heavy atom. The largest absolute Gasteiger partial charge is 0.507 e. The lowest BCUT2D eigenvalue weighted by Crippen LogP contribution is -1.98. The summed E-state index contributed by atoms with van der Waals surface area (Å²) in [5, 5.41) is 10.5. The van der Waals surface area contributed by atoms with E-state index >= 15 is 0 Å². The van der Waals surface area contributed by atoms with Gasteiger partial charge in [0.15, 0.2) is 0 Å². The average molecular weight is 307 g/mol. The Morgan fingerprint density at radius 1 is 1.00 bits per heavy atom. The number of phenolic OH excluding ortho intramolecular Hbond substituents is 1. The zero-order valence-electron chi connectivity index (χ0n) is 12.7. The lowest BCUT2D eigenvalue weighted by Gasteiger charge is -2.18. The minimum atomic E-state index is -0.422. The monoisotopic (exact) mass is 306 g/mol. The molecule has 0 atom stereocenters. The van der Waals surface area contributed by atoms with Crippen molar-refractivity contribution < 1.29 is 9.50 Å². The van der Waals surface area contributed by atoms with E-state index in [2.05, 4.69) is 0 Å². The predicted octanol–water partition coefficient (Wildman–Crippen LogP) is 6.10. The molecule has 0 spiro atoms. The van der Waals surface area contributed by atoms with Gasteiger partial charge in [0.2, 0.25) is 0 Å². The topological polar surface area (TPSA) is 20.2 Å². The summed E-state index contributed by atoms with van der Waals surface area (Å²) in [6.45, 7) is 8.04. The smallest absolute Gasteiger partial charge is 0.149 e. The molecule has 0 radical (unpaired) electrons. The van der Waals surface area contributed by atoms with Gasteiger partial charge in [-0.15, -0.1) is 0 Å². The van der Waals surface area contributed by atoms with Gasteiger partial charge in [-0.2, -0.15) is 0 Å². The molecule has 21 heavy (non-hydrogen) atoms. The van der Waals surface area contributed by atoms with E-state index in [0.29, 0.717) is 11.3 Å². The summed E-state index contributed by atoms with van der Waals surface area (Å²) in [6.07, 6.45) is 0. The fourth-order valence-corrected chi connectivity index (χ4v) is 2.62. The van der Waals surface area contributed by atoms with Crippen LogP contribution in [0.1, 0.15) is 50.7 Å². The van der Waals surface area contributed by atoms with E-state index in [1.165, 1.54) is 6.07 Å². The number of phenols is 1. The molecule has 112 valence electrons. The fourth-order valence-electron chi connectivity index (χ4n) is 2.44. The van der Waals surface area contributed by atoms with E-state index in [9.17, 15) is 9.50 Å². The predicted molar refractivity (Wildman–Crippen MR) is 86.7 cm³/mol. The van der Waals surface area contributed by atoms with E-state index in [-0.39, 0.29) is 16.9 Å². The number of aromatic hydroxyl groups is 1. The van der Waals surface area contributed by atoms with Crippen LogP contribution < -0.4 is 0 Å². The van der Waals surface area contributed by atoms with E-state index in [4.69, 9.17) is 11.6 Å². The van der Waals surface area contributed by atoms with Crippen LogP contribution in [0.3, 0.4) is 0 Å². The molecular weight excluding hydrogens is 287 g/mol. The van der Waals surface area contributed by atoms with Gasteiger partial charge in [-0.1, -0.05) is 51.4 Å². The molecule has 0 aliphatic heterocycles. The highest BCUT2D eigenvalue weighted by Gasteiger charge is 2.17. The number of halogens is 2. The summed E-state index contributed by atoms with van der Waals surface area (Å²) in [4.78, 5) is 0. The molecule has 1 nitrogen and oxygen atoms in total. The van der Waals surface area contributed by atoms with Gasteiger partial charge < -0.3 is 5.11 Å². The second-order valence-corrected chi connectivity index (χ2v) is 6.32. The highest BCUT2D eigenvalue weighted by Crippen LogP contribution is 2.39. The molecule has 0 saturated heterocycles. The van der Waals surface area contributed by atoms with Crippen LogP contribution in [0.5, 0.6) is 5.75 Å². The van der Waals surface area contributed by atoms with E-state index in [1.807, 2.05) is 39.8 Å². The molecular formula is C18H20ClFO. The van der Waals surface area contributed by atoms with Gasteiger partial charge in [-0.25, -0.2) is 4.39 Å². The zero-order valence-corrected chi connectivity index (χ0v) is 13.5. The Labute approximate surface area is 130 Å². The van der Waals surface area contributed by atoms with Gasteiger partial charge >= 0.3 is 0 Å². The summed E-state index contributed by atoms with van der Waals surface area (Å²) >= 11 is 5.88. The quantitative estimate of drug-likeness (QED) is 0.726. The van der Waals surface area contributed by atoms with E-state index in [0.717, 1.165) is 16.7 Å². The summed E-state index contributed by atoms with van der Waals surface area (Å²) in [6, 6.07) is 8.67. The fraction of sp³-hybridized carbons (Fsp3) is 0.333. The van der Waals surface area contributed by atoms with Crippen molar-refractivity contribution in [3.63, 3.8) is 0 Å². The summed E-state index contributed by atoms with van der Waals surface area (Å²) in [5.74, 6) is 0.204. The Bertz CT molecular complexity index is 633. The van der Waals surface area contributed by atoms with Crippen LogP contribution >= 0.6 is 11.6 Å². The summed E-state index contributed by atoms with van der Waals surface area (Å²) < 4.78 is 14.3. The molecule has 0 fully saturated rings. The molecule has 0 saturated carbocycles. The zero-order chi connectivity index (χ0) is 15.7. The van der Waals surface area contributed by atoms with E-state index in [1.54, 1.807) is 12.1 Å². The third-order valence-corrected chi connectivity index (χ3v) is 3.97. The van der Waals surface area contributed by atoms with Crippen molar-refractivity contribution in [2.75, 3.05) is 0 Å². The van der Waals surface area contributed by atoms with Crippen molar-refractivity contribution in [2.45, 2.75) is 39.5 Å². The molecule has 0 amide bonds. The molecule has 0 unspecified atom stereocenters. The molecule has 0 aliphatic carbocycles. The lowest BCUT2D eigenvalue weighted by atomic mass is 9.89. The van der Waals surface area contributed by atoms with Gasteiger partial charge in [-0.3, -0.25) is 0 Å². The third-order valence-electron chi connectivity index (χ3n) is 3.68. The van der Waals surface area contributed by atoms with Gasteiger partial charge in [0.25, 0.3) is 0 Å². The van der Waals surface area contributed by atoms with Crippen molar-refractivity contribution in [3.05, 3.63) is 52.3 Å². The second-order valence-electron chi connectivity index (χ2n) is 5.91. The summed E-state index contributed by atoms with van der Waals surface area (Å²) in [7, 11) is 0. The second kappa shape index (κ2) is 6.07. The Morgan fingerprint density at radius 2 is 1.52 bits per heavy atom. The summed E-state index contributed by atoms with van der Waals surface area (Å²) in [5.41, 5.74) is 2.87. The molecule has 3 heteroatoms. The van der Waals surface area contributed by atoms with E-state index < -0.39 is 5.82 Å². The van der Waals surface area contributed by atoms with Crippen LogP contribution in [0.25, 0.3) is 11.1 Å². The first kappa shape index (κ1) is 15.8. The normalized spacial score (nSPS) is 11.4. The van der Waals surface area contributed by atoms with Crippen LogP contribution in [0.4, 0.5) is 4.39 Å². The van der Waals surface area contributed by atoms with Crippen LogP contribution in [0, 0.1) is 5.82 Å². The number of hydrogen-bond acceptors (Lipinski definition) is 1. The van der Waals surface area contributed by atoms with Crippen molar-refractivity contribution in [2.24, 2.45) is 0 Å². The minimum absolute atomic E-state index is 0.109. The Hall–Kier alpha value is -1.54. The number of rotatable bonds is 3. The van der Waals surface area contributed by atoms with Crippen LogP contribution in [0.2, 0.25) is 5.02 Å². The standard InChI is InChI=1S/C18H20ClFO/c1-10(2)14-8-12(9-15(11(3)4)18(14)21)13-6-5-7-16(19)17(13)20/h5-11,21H,1-4H3. The molecule has 0 aliphatic rings. The van der Waals surface area contributed by atoms with Crippen LogP contribution in [-0.2, 0) is 0 Å². The first-order chi connectivity index (χ1) is 9.82.